The minimum absolute atomic E-state index is 0.0551. The number of hydrogen-bond donors (Lipinski definition) is 2. The fourth-order valence-electron chi connectivity index (χ4n) is 2.63. The van der Waals surface area contributed by atoms with Crippen LogP contribution in [0.3, 0.4) is 0 Å². The number of imidazole rings is 1. The van der Waals surface area contributed by atoms with Crippen LogP contribution < -0.4 is 11.0 Å². The lowest BCUT2D eigenvalue weighted by Crippen LogP contribution is -2.16. The van der Waals surface area contributed by atoms with Gasteiger partial charge < -0.3 is 10.3 Å². The minimum atomic E-state index is -0.489. The van der Waals surface area contributed by atoms with Crippen LogP contribution in [0.4, 0.5) is 11.4 Å². The maximum Gasteiger partial charge on any atom is 0.330 e. The lowest BCUT2D eigenvalue weighted by molar-refractivity contribution is -0.385. The van der Waals surface area contributed by atoms with E-state index >= 15 is 0 Å². The second-order valence-corrected chi connectivity index (χ2v) is 5.83. The Balaban J connectivity index is 1.82. The van der Waals surface area contributed by atoms with Crippen molar-refractivity contribution in [3.8, 4) is 5.69 Å². The van der Waals surface area contributed by atoms with Gasteiger partial charge in [-0.3, -0.25) is 19.5 Å². The number of benzene rings is 2. The summed E-state index contributed by atoms with van der Waals surface area (Å²) in [4.78, 5) is 37.2. The molecule has 8 nitrogen and oxygen atoms in total. The van der Waals surface area contributed by atoms with Crippen LogP contribution in [0.2, 0.25) is 0 Å². The first-order valence-electron chi connectivity index (χ1n) is 7.80. The van der Waals surface area contributed by atoms with E-state index < -0.39 is 10.8 Å². The number of anilines is 1. The predicted octanol–water partition coefficient (Wildman–Crippen LogP) is 2.94. The number of rotatable bonds is 4. The topological polar surface area (TPSA) is 110 Å². The van der Waals surface area contributed by atoms with E-state index in [1.54, 1.807) is 56.4 Å². The maximum atomic E-state index is 12.4. The Hall–Kier alpha value is -3.68. The molecule has 1 amide bonds. The van der Waals surface area contributed by atoms with Crippen LogP contribution in [-0.4, -0.2) is 20.4 Å². The van der Waals surface area contributed by atoms with Crippen molar-refractivity contribution >= 4 is 17.3 Å². The molecule has 0 atom stereocenters. The lowest BCUT2D eigenvalue weighted by atomic mass is 10.1. The highest BCUT2D eigenvalue weighted by Crippen LogP contribution is 2.22. The van der Waals surface area contributed by atoms with Gasteiger partial charge in [-0.2, -0.15) is 0 Å². The predicted molar refractivity (Wildman–Crippen MR) is 96.9 cm³/mol. The maximum absolute atomic E-state index is 12.4. The summed E-state index contributed by atoms with van der Waals surface area (Å²) < 4.78 is 1.49. The third kappa shape index (κ3) is 3.25. The molecule has 0 radical (unpaired) electrons. The van der Waals surface area contributed by atoms with Crippen molar-refractivity contribution in [3.05, 3.63) is 86.1 Å². The van der Waals surface area contributed by atoms with Crippen LogP contribution in [0.1, 0.15) is 21.6 Å². The first kappa shape index (κ1) is 17.2. The fourth-order valence-corrected chi connectivity index (χ4v) is 2.63. The van der Waals surface area contributed by atoms with Crippen molar-refractivity contribution in [3.63, 3.8) is 0 Å². The summed E-state index contributed by atoms with van der Waals surface area (Å²) >= 11 is 0. The quantitative estimate of drug-likeness (QED) is 0.555. The van der Waals surface area contributed by atoms with Crippen LogP contribution >= 0.6 is 0 Å². The Bertz CT molecular complexity index is 1050. The zero-order valence-corrected chi connectivity index (χ0v) is 14.1. The molecule has 0 aliphatic carbocycles. The number of nitro benzene ring substituents is 1. The molecule has 132 valence electrons. The summed E-state index contributed by atoms with van der Waals surface area (Å²) in [5, 5.41) is 13.6. The molecule has 1 aromatic heterocycles. The Morgan fingerprint density at radius 2 is 1.85 bits per heavy atom. The number of aromatic nitrogens is 2. The molecule has 0 saturated heterocycles. The van der Waals surface area contributed by atoms with E-state index in [4.69, 9.17) is 0 Å². The highest BCUT2D eigenvalue weighted by molar-refractivity contribution is 6.04. The average Bonchev–Trinajstić information content (AvgIpc) is 2.95. The van der Waals surface area contributed by atoms with Crippen molar-refractivity contribution in [2.45, 2.75) is 13.8 Å². The Labute approximate surface area is 148 Å². The molecule has 0 saturated carbocycles. The number of nitrogens with zero attached hydrogens (tertiary/aromatic N) is 2. The molecule has 8 heteroatoms. The van der Waals surface area contributed by atoms with Gasteiger partial charge >= 0.3 is 5.69 Å². The number of nitro groups is 1. The van der Waals surface area contributed by atoms with E-state index in [9.17, 15) is 19.7 Å². The van der Waals surface area contributed by atoms with E-state index in [1.807, 2.05) is 0 Å². The Kier molecular flexibility index (Phi) is 4.40. The molecular weight excluding hydrogens is 336 g/mol. The first-order chi connectivity index (χ1) is 12.4. The summed E-state index contributed by atoms with van der Waals surface area (Å²) in [5.74, 6) is -0.396. The van der Waals surface area contributed by atoms with Gasteiger partial charge in [-0.1, -0.05) is 6.07 Å². The van der Waals surface area contributed by atoms with Gasteiger partial charge in [0.25, 0.3) is 11.6 Å². The van der Waals surface area contributed by atoms with Crippen molar-refractivity contribution in [1.82, 2.24) is 9.55 Å². The summed E-state index contributed by atoms with van der Waals surface area (Å²) in [7, 11) is 0. The SMILES string of the molecule is Cc1ccc(NC(=O)c2ccc(-n3c(C)c[nH]c3=O)cc2)cc1[N+](=O)[O-]. The van der Waals surface area contributed by atoms with Gasteiger partial charge in [0.2, 0.25) is 0 Å². The summed E-state index contributed by atoms with van der Waals surface area (Å²) in [6, 6.07) is 11.0. The Morgan fingerprint density at radius 1 is 1.15 bits per heavy atom. The summed E-state index contributed by atoms with van der Waals surface area (Å²) in [5.41, 5.74) is 2.31. The molecule has 0 spiro atoms. The van der Waals surface area contributed by atoms with Crippen LogP contribution in [0.15, 0.2) is 53.5 Å². The Morgan fingerprint density at radius 3 is 2.42 bits per heavy atom. The normalized spacial score (nSPS) is 10.5. The van der Waals surface area contributed by atoms with Gasteiger partial charge in [0.15, 0.2) is 0 Å². The molecule has 26 heavy (non-hydrogen) atoms. The zero-order chi connectivity index (χ0) is 18.8. The number of aryl methyl sites for hydroxylation is 2. The number of amides is 1. The number of carbonyl (C=O) groups is 1. The van der Waals surface area contributed by atoms with Crippen LogP contribution in [-0.2, 0) is 0 Å². The standard InChI is InChI=1S/C18H16N4O4/c1-11-3-6-14(9-16(11)22(25)26)20-17(23)13-4-7-15(8-5-13)21-12(2)10-19-18(21)24/h3-10H,1-2H3,(H,19,24)(H,20,23). The summed E-state index contributed by atoms with van der Waals surface area (Å²) in [6.07, 6.45) is 1.60. The highest BCUT2D eigenvalue weighted by Gasteiger charge is 2.13. The average molecular weight is 352 g/mol. The van der Waals surface area contributed by atoms with Gasteiger partial charge in [0, 0.05) is 34.8 Å². The van der Waals surface area contributed by atoms with E-state index in [-0.39, 0.29) is 11.4 Å². The van der Waals surface area contributed by atoms with Gasteiger partial charge in [0.1, 0.15) is 0 Å². The van der Waals surface area contributed by atoms with Gasteiger partial charge in [0.05, 0.1) is 10.6 Å². The number of nitrogens with one attached hydrogen (secondary N) is 2. The molecule has 0 fully saturated rings. The first-order valence-corrected chi connectivity index (χ1v) is 7.80. The van der Waals surface area contributed by atoms with E-state index in [0.29, 0.717) is 22.5 Å². The number of H-pyrrole nitrogens is 1. The van der Waals surface area contributed by atoms with Gasteiger partial charge in [-0.15, -0.1) is 0 Å². The monoisotopic (exact) mass is 352 g/mol. The number of carbonyl (C=O) groups excluding carboxylic acids is 1. The number of hydrogen-bond acceptors (Lipinski definition) is 4. The zero-order valence-electron chi connectivity index (χ0n) is 14.1. The van der Waals surface area contributed by atoms with E-state index in [0.717, 1.165) is 5.69 Å². The lowest BCUT2D eigenvalue weighted by Gasteiger charge is -2.08. The smallest absolute Gasteiger partial charge is 0.322 e. The van der Waals surface area contributed by atoms with Crippen LogP contribution in [0.5, 0.6) is 0 Å². The van der Waals surface area contributed by atoms with Gasteiger partial charge in [-0.05, 0) is 44.2 Å². The second-order valence-electron chi connectivity index (χ2n) is 5.83. The molecule has 0 aliphatic heterocycles. The van der Waals surface area contributed by atoms with Gasteiger partial charge in [-0.25, -0.2) is 4.79 Å². The molecule has 2 N–H and O–H groups in total. The molecule has 0 aliphatic rings. The third-order valence-electron chi connectivity index (χ3n) is 4.01. The summed E-state index contributed by atoms with van der Waals surface area (Å²) in [6.45, 7) is 3.43. The molecule has 0 bridgehead atoms. The van der Waals surface area contributed by atoms with Crippen molar-refractivity contribution in [2.75, 3.05) is 5.32 Å². The van der Waals surface area contributed by atoms with Crippen LogP contribution in [0.25, 0.3) is 5.69 Å². The minimum Gasteiger partial charge on any atom is -0.322 e. The van der Waals surface area contributed by atoms with E-state index in [2.05, 4.69) is 10.3 Å². The molecule has 3 aromatic rings. The second kappa shape index (κ2) is 6.67. The highest BCUT2D eigenvalue weighted by atomic mass is 16.6. The third-order valence-corrected chi connectivity index (χ3v) is 4.01. The van der Waals surface area contributed by atoms with Crippen LogP contribution in [0, 0.1) is 24.0 Å². The molecular formula is C18H16N4O4. The molecule has 2 aromatic carbocycles. The largest absolute Gasteiger partial charge is 0.330 e. The fraction of sp³-hybridized carbons (Fsp3) is 0.111. The molecule has 0 unspecified atom stereocenters. The van der Waals surface area contributed by atoms with E-state index in [1.165, 1.54) is 10.6 Å². The molecule has 3 rings (SSSR count). The van der Waals surface area contributed by atoms with Crippen molar-refractivity contribution in [1.29, 1.82) is 0 Å². The van der Waals surface area contributed by atoms with Crippen molar-refractivity contribution in [2.24, 2.45) is 0 Å². The number of aromatic amines is 1. The molecule has 1 heterocycles. The van der Waals surface area contributed by atoms with Crippen molar-refractivity contribution < 1.29 is 9.72 Å².